The molecule has 130 valence electrons. The van der Waals surface area contributed by atoms with Crippen molar-refractivity contribution in [2.75, 3.05) is 0 Å². The first-order chi connectivity index (χ1) is 11.3. The van der Waals surface area contributed by atoms with Crippen molar-refractivity contribution in [1.29, 1.82) is 0 Å². The molecule has 3 amide bonds. The van der Waals surface area contributed by atoms with Crippen molar-refractivity contribution in [3.63, 3.8) is 0 Å². The Hall–Kier alpha value is -2.15. The molecule has 24 heavy (non-hydrogen) atoms. The number of carbonyl (C=O) groups excluding carboxylic acids is 3. The minimum Gasteiger partial charge on any atom is -0.368 e. The fourth-order valence-electron chi connectivity index (χ4n) is 2.08. The minimum atomic E-state index is -0.837. The fraction of sp³-hybridized carbons (Fsp3) is 0.353. The standard InChI is InChI=1S/C17H22BrN3O3/c1-11(18)10-14(17(19)24)21-16(23)9-8-15(22)20-12(2)13-6-4-3-5-7-13/h3-7,12,14H,1,8-10H2,2H3,(H2,19,24)(H,20,22)(H,21,23)/t12-,14-/m1/s1. The molecule has 4 N–H and O–H groups in total. The monoisotopic (exact) mass is 395 g/mol. The quantitative estimate of drug-likeness (QED) is 0.594. The van der Waals surface area contributed by atoms with E-state index in [1.165, 1.54) is 0 Å². The summed E-state index contributed by atoms with van der Waals surface area (Å²) in [6, 6.07) is 8.55. The largest absolute Gasteiger partial charge is 0.368 e. The van der Waals surface area contributed by atoms with Crippen LogP contribution in [-0.2, 0) is 14.4 Å². The topological polar surface area (TPSA) is 101 Å². The molecule has 2 atom stereocenters. The van der Waals surface area contributed by atoms with Crippen molar-refractivity contribution >= 4 is 33.7 Å². The van der Waals surface area contributed by atoms with Gasteiger partial charge in [0.05, 0.1) is 6.04 Å². The van der Waals surface area contributed by atoms with Crippen LogP contribution in [0, 0.1) is 0 Å². The molecule has 0 saturated carbocycles. The number of primary amides is 1. The van der Waals surface area contributed by atoms with Gasteiger partial charge in [0.15, 0.2) is 0 Å². The van der Waals surface area contributed by atoms with Gasteiger partial charge in [-0.15, -0.1) is 0 Å². The summed E-state index contributed by atoms with van der Waals surface area (Å²) in [5, 5.41) is 5.33. The smallest absolute Gasteiger partial charge is 0.240 e. The second kappa shape index (κ2) is 9.87. The third-order valence-corrected chi connectivity index (χ3v) is 3.68. The van der Waals surface area contributed by atoms with Crippen LogP contribution in [0.5, 0.6) is 0 Å². The Balaban J connectivity index is 2.41. The normalized spacial score (nSPS) is 12.8. The van der Waals surface area contributed by atoms with Gasteiger partial charge >= 0.3 is 0 Å². The summed E-state index contributed by atoms with van der Waals surface area (Å²) in [5.41, 5.74) is 6.21. The lowest BCUT2D eigenvalue weighted by atomic mass is 10.1. The third-order valence-electron chi connectivity index (χ3n) is 3.36. The summed E-state index contributed by atoms with van der Waals surface area (Å²) >= 11 is 3.13. The first kappa shape index (κ1) is 19.9. The van der Waals surface area contributed by atoms with Crippen LogP contribution in [0.4, 0.5) is 0 Å². The van der Waals surface area contributed by atoms with Gasteiger partial charge < -0.3 is 16.4 Å². The molecule has 1 aromatic carbocycles. The van der Waals surface area contributed by atoms with Crippen molar-refractivity contribution in [3.05, 3.63) is 47.0 Å². The second-order valence-corrected chi connectivity index (χ2v) is 6.57. The van der Waals surface area contributed by atoms with Crippen LogP contribution >= 0.6 is 15.9 Å². The molecule has 6 nitrogen and oxygen atoms in total. The molecular formula is C17H22BrN3O3. The molecule has 0 aliphatic heterocycles. The van der Waals surface area contributed by atoms with Gasteiger partial charge in [0.1, 0.15) is 6.04 Å². The maximum Gasteiger partial charge on any atom is 0.240 e. The Bertz CT molecular complexity index is 604. The number of nitrogens with two attached hydrogens (primary N) is 1. The van der Waals surface area contributed by atoms with E-state index < -0.39 is 17.9 Å². The van der Waals surface area contributed by atoms with Crippen LogP contribution < -0.4 is 16.4 Å². The Kier molecular flexibility index (Phi) is 8.18. The van der Waals surface area contributed by atoms with E-state index in [0.29, 0.717) is 4.48 Å². The summed E-state index contributed by atoms with van der Waals surface area (Å²) in [5.74, 6) is -1.29. The van der Waals surface area contributed by atoms with E-state index >= 15 is 0 Å². The minimum absolute atomic E-state index is 0.0219. The van der Waals surface area contributed by atoms with Crippen LogP contribution in [0.3, 0.4) is 0 Å². The average Bonchev–Trinajstić information content (AvgIpc) is 2.52. The first-order valence-corrected chi connectivity index (χ1v) is 8.35. The van der Waals surface area contributed by atoms with E-state index in [-0.39, 0.29) is 31.2 Å². The van der Waals surface area contributed by atoms with E-state index in [1.807, 2.05) is 37.3 Å². The van der Waals surface area contributed by atoms with Crippen LogP contribution in [0.1, 0.15) is 37.8 Å². The van der Waals surface area contributed by atoms with Gasteiger partial charge in [-0.1, -0.05) is 52.8 Å². The summed E-state index contributed by atoms with van der Waals surface area (Å²) in [6.07, 6.45) is 0.216. The Morgan fingerprint density at radius 2 is 1.67 bits per heavy atom. The molecule has 0 heterocycles. The molecule has 7 heteroatoms. The van der Waals surface area contributed by atoms with Gasteiger partial charge in [-0.05, 0) is 17.0 Å². The second-order valence-electron chi connectivity index (χ2n) is 5.44. The van der Waals surface area contributed by atoms with Crippen LogP contribution in [0.25, 0.3) is 0 Å². The molecule has 0 radical (unpaired) electrons. The summed E-state index contributed by atoms with van der Waals surface area (Å²) in [7, 11) is 0. The van der Waals surface area contributed by atoms with Gasteiger partial charge in [0.2, 0.25) is 17.7 Å². The zero-order valence-electron chi connectivity index (χ0n) is 13.5. The molecule has 0 unspecified atom stereocenters. The molecule has 1 aromatic rings. The highest BCUT2D eigenvalue weighted by molar-refractivity contribution is 9.11. The molecule has 0 fully saturated rings. The molecule has 0 saturated heterocycles. The van der Waals surface area contributed by atoms with Crippen molar-refractivity contribution in [2.45, 2.75) is 38.3 Å². The lowest BCUT2D eigenvalue weighted by Crippen LogP contribution is -2.44. The van der Waals surface area contributed by atoms with Gasteiger partial charge in [-0.3, -0.25) is 14.4 Å². The van der Waals surface area contributed by atoms with Gasteiger partial charge in [-0.25, -0.2) is 0 Å². The van der Waals surface area contributed by atoms with E-state index in [1.54, 1.807) is 0 Å². The number of amides is 3. The third kappa shape index (κ3) is 7.41. The zero-order chi connectivity index (χ0) is 18.1. The summed E-state index contributed by atoms with van der Waals surface area (Å²) < 4.78 is 0.557. The number of hydrogen-bond donors (Lipinski definition) is 3. The predicted molar refractivity (Wildman–Crippen MR) is 96.0 cm³/mol. The molecule has 1 rings (SSSR count). The highest BCUT2D eigenvalue weighted by Crippen LogP contribution is 2.12. The molecule has 0 aliphatic carbocycles. The van der Waals surface area contributed by atoms with Crippen LogP contribution in [0.2, 0.25) is 0 Å². The van der Waals surface area contributed by atoms with Crippen molar-refractivity contribution in [2.24, 2.45) is 5.73 Å². The Labute approximate surface area is 150 Å². The highest BCUT2D eigenvalue weighted by atomic mass is 79.9. The van der Waals surface area contributed by atoms with Crippen molar-refractivity contribution in [1.82, 2.24) is 10.6 Å². The van der Waals surface area contributed by atoms with E-state index in [0.717, 1.165) is 5.56 Å². The number of halogens is 1. The number of carbonyl (C=O) groups is 3. The Morgan fingerprint density at radius 3 is 2.17 bits per heavy atom. The van der Waals surface area contributed by atoms with Gasteiger partial charge in [0, 0.05) is 19.3 Å². The van der Waals surface area contributed by atoms with E-state index in [4.69, 9.17) is 5.73 Å². The fourth-order valence-corrected chi connectivity index (χ4v) is 2.40. The number of hydrogen-bond acceptors (Lipinski definition) is 3. The maximum absolute atomic E-state index is 11.9. The summed E-state index contributed by atoms with van der Waals surface area (Å²) in [6.45, 7) is 5.49. The molecule has 0 spiro atoms. The van der Waals surface area contributed by atoms with Crippen LogP contribution in [-0.4, -0.2) is 23.8 Å². The predicted octanol–water partition coefficient (Wildman–Crippen LogP) is 1.91. The van der Waals surface area contributed by atoms with Crippen molar-refractivity contribution in [3.8, 4) is 0 Å². The molecule has 0 aromatic heterocycles. The lowest BCUT2D eigenvalue weighted by molar-refractivity contribution is -0.129. The molecule has 0 bridgehead atoms. The van der Waals surface area contributed by atoms with Gasteiger partial charge in [0.25, 0.3) is 0 Å². The highest BCUT2D eigenvalue weighted by Gasteiger charge is 2.19. The van der Waals surface area contributed by atoms with Crippen molar-refractivity contribution < 1.29 is 14.4 Å². The number of nitrogens with one attached hydrogen (secondary N) is 2. The first-order valence-electron chi connectivity index (χ1n) is 7.56. The number of rotatable bonds is 9. The van der Waals surface area contributed by atoms with Crippen LogP contribution in [0.15, 0.2) is 41.4 Å². The molecule has 0 aliphatic rings. The van der Waals surface area contributed by atoms with Gasteiger partial charge in [-0.2, -0.15) is 0 Å². The van der Waals surface area contributed by atoms with E-state index in [2.05, 4.69) is 33.1 Å². The SMILES string of the molecule is C=C(Br)C[C@@H](NC(=O)CCC(=O)N[C@H](C)c1ccccc1)C(N)=O. The molecular weight excluding hydrogens is 374 g/mol. The zero-order valence-corrected chi connectivity index (χ0v) is 15.1. The summed E-state index contributed by atoms with van der Waals surface area (Å²) in [4.78, 5) is 35.1. The Morgan fingerprint density at radius 1 is 1.12 bits per heavy atom. The number of benzene rings is 1. The average molecular weight is 396 g/mol. The lowest BCUT2D eigenvalue weighted by Gasteiger charge is -2.16. The van der Waals surface area contributed by atoms with E-state index in [9.17, 15) is 14.4 Å². The maximum atomic E-state index is 11.9.